The molecule has 0 saturated carbocycles. The second-order valence-electron chi connectivity index (χ2n) is 14.6. The minimum Gasteiger partial charge on any atom is -0.495 e. The van der Waals surface area contributed by atoms with Crippen LogP contribution in [0.1, 0.15) is 81.8 Å². The van der Waals surface area contributed by atoms with Crippen LogP contribution >= 0.6 is 23.2 Å². The average molecular weight is 745 g/mol. The molecule has 3 aromatic rings. The molecule has 1 aliphatic rings. The summed E-state index contributed by atoms with van der Waals surface area (Å²) in [6.45, 7) is 10.8. The number of halogens is 4. The lowest BCUT2D eigenvalue weighted by atomic mass is 9.62. The summed E-state index contributed by atoms with van der Waals surface area (Å²) in [5, 5.41) is 17.0. The quantitative estimate of drug-likeness (QED) is 0.200. The van der Waals surface area contributed by atoms with Gasteiger partial charge >= 0.3 is 11.9 Å². The molecule has 3 aromatic carbocycles. The van der Waals surface area contributed by atoms with Crippen molar-refractivity contribution in [1.82, 2.24) is 5.32 Å². The number of ether oxygens (including phenoxy) is 3. The fourth-order valence-electron chi connectivity index (χ4n) is 6.39. The lowest BCUT2D eigenvalue weighted by molar-refractivity contribution is -0.155. The molecule has 2 N–H and O–H groups in total. The maximum Gasteiger partial charge on any atom is 0.338 e. The van der Waals surface area contributed by atoms with Gasteiger partial charge in [0.2, 0.25) is 5.91 Å². The van der Waals surface area contributed by atoms with Gasteiger partial charge in [0, 0.05) is 22.5 Å². The second kappa shape index (κ2) is 15.6. The molecule has 0 bridgehead atoms. The maximum absolute atomic E-state index is 16.0. The highest BCUT2D eigenvalue weighted by atomic mass is 35.5. The first-order valence-electron chi connectivity index (χ1n) is 16.3. The molecule has 1 fully saturated rings. The molecule has 0 spiro atoms. The van der Waals surface area contributed by atoms with Crippen LogP contribution in [0.5, 0.6) is 5.75 Å². The SMILES string of the molecule is COc1cc(C(=O)OCCC(=O)OC(C)(C)C)ccc1NC(=O)[C@@H]1N[C@@H](CC(C)(C)C)[C@](C#N)(c2ccc(Cl)cc2F)[C@H]1c1cccc(Cl)c1F. The fraction of sp³-hybridized carbons (Fsp3) is 0.421. The van der Waals surface area contributed by atoms with Crippen molar-refractivity contribution in [2.24, 2.45) is 5.41 Å². The number of hydrogen-bond acceptors (Lipinski definition) is 8. The Labute approximate surface area is 306 Å². The van der Waals surface area contributed by atoms with Gasteiger partial charge in [-0.05, 0) is 74.6 Å². The molecule has 0 aromatic heterocycles. The lowest BCUT2D eigenvalue weighted by Crippen LogP contribution is -2.45. The normalized spacial score (nSPS) is 20.3. The van der Waals surface area contributed by atoms with Crippen LogP contribution in [0, 0.1) is 28.4 Å². The van der Waals surface area contributed by atoms with Gasteiger partial charge in [0.1, 0.15) is 35.0 Å². The van der Waals surface area contributed by atoms with Gasteiger partial charge < -0.3 is 24.8 Å². The summed E-state index contributed by atoms with van der Waals surface area (Å²) in [6, 6.07) is 12.5. The van der Waals surface area contributed by atoms with Crippen LogP contribution in [0.15, 0.2) is 54.6 Å². The van der Waals surface area contributed by atoms with Gasteiger partial charge in [-0.2, -0.15) is 5.26 Å². The number of methoxy groups -OCH3 is 1. The Morgan fingerprint density at radius 2 is 1.73 bits per heavy atom. The molecular weight excluding hydrogens is 703 g/mol. The number of esters is 2. The van der Waals surface area contributed by atoms with E-state index in [0.29, 0.717) is 6.42 Å². The number of amides is 1. The molecule has 1 aliphatic heterocycles. The molecule has 0 unspecified atom stereocenters. The molecule has 1 amide bonds. The van der Waals surface area contributed by atoms with Gasteiger partial charge in [0.25, 0.3) is 0 Å². The second-order valence-corrected chi connectivity index (χ2v) is 15.4. The van der Waals surface area contributed by atoms with E-state index in [1.807, 2.05) is 20.8 Å². The Bertz CT molecular complexity index is 1850. The molecule has 13 heteroatoms. The van der Waals surface area contributed by atoms with Crippen LogP contribution in [-0.2, 0) is 24.5 Å². The minimum atomic E-state index is -1.81. The molecular formula is C38H41Cl2F2N3O6. The molecule has 0 radical (unpaired) electrons. The third-order valence-corrected chi connectivity index (χ3v) is 8.91. The highest BCUT2D eigenvalue weighted by molar-refractivity contribution is 6.31. The van der Waals surface area contributed by atoms with Gasteiger partial charge in [-0.25, -0.2) is 13.6 Å². The number of anilines is 1. The summed E-state index contributed by atoms with van der Waals surface area (Å²) in [7, 11) is 1.34. The van der Waals surface area contributed by atoms with E-state index in [-0.39, 0.29) is 51.2 Å². The Kier molecular flexibility index (Phi) is 12.1. The van der Waals surface area contributed by atoms with E-state index in [2.05, 4.69) is 16.7 Å². The molecule has 1 saturated heterocycles. The first-order chi connectivity index (χ1) is 23.8. The molecule has 51 heavy (non-hydrogen) atoms. The largest absolute Gasteiger partial charge is 0.495 e. The molecule has 4 rings (SSSR count). The molecule has 1 heterocycles. The third-order valence-electron chi connectivity index (χ3n) is 8.39. The number of carbonyl (C=O) groups excluding carboxylic acids is 3. The van der Waals surface area contributed by atoms with Crippen LogP contribution < -0.4 is 15.4 Å². The number of nitrogens with one attached hydrogen (secondary N) is 2. The van der Waals surface area contributed by atoms with E-state index < -0.39 is 63.9 Å². The number of rotatable bonds is 10. The predicted octanol–water partition coefficient (Wildman–Crippen LogP) is 8.13. The fourth-order valence-corrected chi connectivity index (χ4v) is 6.73. The first kappa shape index (κ1) is 39.5. The van der Waals surface area contributed by atoms with Crippen molar-refractivity contribution in [3.63, 3.8) is 0 Å². The highest BCUT2D eigenvalue weighted by Crippen LogP contribution is 2.53. The number of nitriles is 1. The number of nitrogens with zero attached hydrogens (tertiary/aromatic N) is 1. The van der Waals surface area contributed by atoms with Gasteiger partial charge in [-0.15, -0.1) is 0 Å². The molecule has 9 nitrogen and oxygen atoms in total. The average Bonchev–Trinajstić information content (AvgIpc) is 3.34. The maximum atomic E-state index is 16.0. The van der Waals surface area contributed by atoms with Crippen LogP contribution in [0.2, 0.25) is 10.0 Å². The summed E-state index contributed by atoms with van der Waals surface area (Å²) >= 11 is 12.3. The van der Waals surface area contributed by atoms with E-state index in [4.69, 9.17) is 37.4 Å². The van der Waals surface area contributed by atoms with E-state index in [9.17, 15) is 19.6 Å². The zero-order valence-corrected chi connectivity index (χ0v) is 31.0. The topological polar surface area (TPSA) is 127 Å². The standard InChI is InChI=1S/C38H41Cl2F2N3O6/c1-36(2,3)19-29-38(20-43,24-13-12-22(39)18-26(24)41)31(23-9-8-10-25(40)32(23)42)33(45-29)34(47)44-27-14-11-21(17-28(27)49-7)35(48)50-16-15-30(46)51-37(4,5)6/h8-14,17-18,29,31,33,45H,15-16,19H2,1-7H3,(H,44,47)/t29-,31-,33+,38-/m0/s1. The predicted molar refractivity (Wildman–Crippen MR) is 190 cm³/mol. The summed E-state index contributed by atoms with van der Waals surface area (Å²) in [6.07, 6.45) is 0.149. The van der Waals surface area contributed by atoms with Gasteiger partial charge in [0.15, 0.2) is 0 Å². The van der Waals surface area contributed by atoms with Crippen molar-refractivity contribution >= 4 is 46.7 Å². The summed E-state index contributed by atoms with van der Waals surface area (Å²) < 4.78 is 47.8. The monoisotopic (exact) mass is 743 g/mol. The van der Waals surface area contributed by atoms with E-state index in [0.717, 1.165) is 6.07 Å². The molecule has 4 atom stereocenters. The summed E-state index contributed by atoms with van der Waals surface area (Å²) in [5.41, 5.74) is -2.79. The Hall–Kier alpha value is -4.24. The van der Waals surface area contributed by atoms with Crippen molar-refractivity contribution in [2.75, 3.05) is 19.0 Å². The molecule has 272 valence electrons. The van der Waals surface area contributed by atoms with Gasteiger partial charge in [0.05, 0.1) is 41.9 Å². The van der Waals surface area contributed by atoms with E-state index in [1.54, 1.807) is 20.8 Å². The highest BCUT2D eigenvalue weighted by Gasteiger charge is 2.61. The smallest absolute Gasteiger partial charge is 0.338 e. The Morgan fingerprint density at radius 1 is 1.02 bits per heavy atom. The van der Waals surface area contributed by atoms with Crippen LogP contribution in [0.25, 0.3) is 0 Å². The van der Waals surface area contributed by atoms with Crippen molar-refractivity contribution in [2.45, 2.75) is 83.4 Å². The van der Waals surface area contributed by atoms with E-state index >= 15 is 8.78 Å². The summed E-state index contributed by atoms with van der Waals surface area (Å²) in [5.74, 6) is -4.76. The number of hydrogen-bond donors (Lipinski definition) is 2. The van der Waals surface area contributed by atoms with Crippen LogP contribution in [0.3, 0.4) is 0 Å². The zero-order valence-electron chi connectivity index (χ0n) is 29.5. The number of carbonyl (C=O) groups is 3. The van der Waals surface area contributed by atoms with Crippen molar-refractivity contribution in [3.05, 3.63) is 93.0 Å². The first-order valence-corrected chi connectivity index (χ1v) is 17.0. The van der Waals surface area contributed by atoms with E-state index in [1.165, 1.54) is 55.6 Å². The zero-order chi connectivity index (χ0) is 37.9. The minimum absolute atomic E-state index is 0.0528. The molecule has 0 aliphatic carbocycles. The van der Waals surface area contributed by atoms with Gasteiger partial charge in [-0.3, -0.25) is 9.59 Å². The van der Waals surface area contributed by atoms with Crippen LogP contribution in [-0.4, -0.2) is 49.2 Å². The lowest BCUT2D eigenvalue weighted by Gasteiger charge is -2.37. The Morgan fingerprint density at radius 3 is 2.33 bits per heavy atom. The van der Waals surface area contributed by atoms with Crippen molar-refractivity contribution in [1.29, 1.82) is 5.26 Å². The van der Waals surface area contributed by atoms with Crippen LogP contribution in [0.4, 0.5) is 14.5 Å². The Balaban J connectivity index is 1.72. The number of benzene rings is 3. The summed E-state index contributed by atoms with van der Waals surface area (Å²) in [4.78, 5) is 39.1. The third kappa shape index (κ3) is 8.98. The van der Waals surface area contributed by atoms with Gasteiger partial charge in [-0.1, -0.05) is 62.2 Å². The van der Waals surface area contributed by atoms with Crippen molar-refractivity contribution < 1.29 is 37.4 Å². The van der Waals surface area contributed by atoms with Crippen molar-refractivity contribution in [3.8, 4) is 11.8 Å².